The van der Waals surface area contributed by atoms with E-state index < -0.39 is 33.3 Å². The van der Waals surface area contributed by atoms with E-state index in [9.17, 15) is 17.6 Å². The van der Waals surface area contributed by atoms with E-state index in [1.54, 1.807) is 39.0 Å². The van der Waals surface area contributed by atoms with Crippen molar-refractivity contribution >= 4 is 15.8 Å². The Morgan fingerprint density at radius 1 is 1.12 bits per heavy atom. The van der Waals surface area contributed by atoms with Gasteiger partial charge in [-0.1, -0.05) is 18.2 Å². The van der Waals surface area contributed by atoms with Gasteiger partial charge in [-0.25, -0.2) is 17.6 Å². The topological polar surface area (TPSA) is 73.3 Å². The van der Waals surface area contributed by atoms with E-state index in [0.29, 0.717) is 0 Å². The molecule has 128 valence electrons. The molecule has 24 heavy (non-hydrogen) atoms. The Balaban J connectivity index is 2.47. The number of halogens is 1. The molecule has 0 N–H and O–H groups in total. The Bertz CT molecular complexity index is 829. The lowest BCUT2D eigenvalue weighted by Gasteiger charge is -2.21. The van der Waals surface area contributed by atoms with E-state index in [0.717, 1.165) is 0 Å². The summed E-state index contributed by atoms with van der Waals surface area (Å²) in [6.07, 6.45) is -1.06. The lowest BCUT2D eigenvalue weighted by molar-refractivity contribution is -0.161. The highest BCUT2D eigenvalue weighted by atomic mass is 32.2. The average molecular weight is 351 g/mol. The third-order valence-electron chi connectivity index (χ3n) is 3.00. The fourth-order valence-corrected chi connectivity index (χ4v) is 3.47. The van der Waals surface area contributed by atoms with Crippen LogP contribution in [0.1, 0.15) is 32.6 Å². The van der Waals surface area contributed by atoms with Gasteiger partial charge in [-0.2, -0.15) is 0 Å². The molecule has 0 aliphatic heterocycles. The van der Waals surface area contributed by atoms with E-state index in [-0.39, 0.29) is 9.79 Å². The van der Waals surface area contributed by atoms with Gasteiger partial charge in [-0.15, -0.1) is 0 Å². The monoisotopic (exact) mass is 351 g/mol. The minimum Gasteiger partial charge on any atom is -0.458 e. The highest BCUT2D eigenvalue weighted by molar-refractivity contribution is 7.91. The molecule has 2 aromatic rings. The number of benzene rings is 1. The molecule has 0 radical (unpaired) electrons. The van der Waals surface area contributed by atoms with Gasteiger partial charge in [-0.05, 0) is 45.0 Å². The molecule has 0 fully saturated rings. The zero-order valence-electron chi connectivity index (χ0n) is 13.6. The zero-order valence-corrected chi connectivity index (χ0v) is 14.4. The molecule has 0 saturated carbocycles. The number of hydrogen-bond acceptors (Lipinski definition) is 5. The average Bonchev–Trinajstić information content (AvgIpc) is 2.53. The first-order valence-corrected chi connectivity index (χ1v) is 8.73. The summed E-state index contributed by atoms with van der Waals surface area (Å²) in [5, 5.41) is 0. The number of rotatable bonds is 4. The molecule has 1 atom stereocenters. The van der Waals surface area contributed by atoms with Crippen molar-refractivity contribution in [3.05, 3.63) is 54.4 Å². The molecular formula is C17H18FNO4S. The molecule has 1 heterocycles. The highest BCUT2D eigenvalue weighted by Gasteiger charge is 2.33. The fraction of sp³-hybridized carbons (Fsp3) is 0.294. The van der Waals surface area contributed by atoms with Crippen molar-refractivity contribution in [2.45, 2.75) is 42.3 Å². The summed E-state index contributed by atoms with van der Waals surface area (Å²) >= 11 is 0. The normalized spacial score (nSPS) is 13.3. The van der Waals surface area contributed by atoms with Crippen LogP contribution in [0.5, 0.6) is 0 Å². The number of carbonyl (C=O) groups excluding carboxylic acids is 1. The Morgan fingerprint density at radius 2 is 1.75 bits per heavy atom. The Morgan fingerprint density at radius 3 is 2.33 bits per heavy atom. The first-order valence-electron chi connectivity index (χ1n) is 7.25. The molecule has 2 rings (SSSR count). The molecule has 5 nitrogen and oxygen atoms in total. The number of aromatic nitrogens is 1. The van der Waals surface area contributed by atoms with Gasteiger partial charge in [0.2, 0.25) is 16.0 Å². The van der Waals surface area contributed by atoms with E-state index >= 15 is 0 Å². The van der Waals surface area contributed by atoms with Gasteiger partial charge in [0.15, 0.2) is 0 Å². The number of sulfone groups is 1. The third-order valence-corrected chi connectivity index (χ3v) is 4.81. The van der Waals surface area contributed by atoms with Crippen molar-refractivity contribution in [3.63, 3.8) is 0 Å². The quantitative estimate of drug-likeness (QED) is 0.791. The summed E-state index contributed by atoms with van der Waals surface area (Å²) < 4.78 is 45.0. The lowest BCUT2D eigenvalue weighted by atomic mass is 10.2. The van der Waals surface area contributed by atoms with Gasteiger partial charge in [0.1, 0.15) is 11.3 Å². The second kappa shape index (κ2) is 6.68. The van der Waals surface area contributed by atoms with Crippen molar-refractivity contribution in [2.24, 2.45) is 0 Å². The van der Waals surface area contributed by atoms with Crippen molar-refractivity contribution in [2.75, 3.05) is 0 Å². The van der Waals surface area contributed by atoms with E-state index in [4.69, 9.17) is 4.74 Å². The largest absolute Gasteiger partial charge is 0.458 e. The zero-order chi connectivity index (χ0) is 18.0. The minimum atomic E-state index is -4.00. The van der Waals surface area contributed by atoms with E-state index in [1.165, 1.54) is 30.5 Å². The molecule has 1 aromatic carbocycles. The van der Waals surface area contributed by atoms with Crippen LogP contribution in [0.25, 0.3) is 0 Å². The fourth-order valence-electron chi connectivity index (χ4n) is 2.01. The molecule has 1 aromatic heterocycles. The maximum Gasteiger partial charge on any atom is 0.347 e. The number of alkyl halides is 1. The number of carbonyl (C=O) groups is 1. The van der Waals surface area contributed by atoms with E-state index in [2.05, 4.69) is 4.98 Å². The minimum absolute atomic E-state index is 0.00404. The van der Waals surface area contributed by atoms with E-state index in [1.807, 2.05) is 0 Å². The maximum atomic E-state index is 14.6. The molecule has 7 heteroatoms. The van der Waals surface area contributed by atoms with Crippen LogP contribution in [0.4, 0.5) is 4.39 Å². The van der Waals surface area contributed by atoms with Gasteiger partial charge >= 0.3 is 5.97 Å². The Labute approximate surface area is 140 Å². The molecule has 0 amide bonds. The number of ether oxygens (including phenoxy) is 1. The molecule has 1 unspecified atom stereocenters. The van der Waals surface area contributed by atoms with Crippen LogP contribution in [-0.2, 0) is 19.4 Å². The molecule has 0 aliphatic carbocycles. The Hall–Kier alpha value is -2.28. The second-order valence-corrected chi connectivity index (χ2v) is 8.02. The number of esters is 1. The standard InChI is InChI=1S/C17H18FNO4S/c1-17(2,3)23-16(20)14(18)15-13(10-7-11-19-15)24(21,22)12-8-5-4-6-9-12/h4-11,14H,1-3H3. The van der Waals surface area contributed by atoms with Gasteiger partial charge < -0.3 is 4.74 Å². The molecule has 0 bridgehead atoms. The number of hydrogen-bond donors (Lipinski definition) is 0. The first kappa shape index (κ1) is 18.1. The molecular weight excluding hydrogens is 333 g/mol. The van der Waals surface area contributed by atoms with Crippen LogP contribution in [0.15, 0.2) is 58.5 Å². The van der Waals surface area contributed by atoms with Crippen LogP contribution in [0, 0.1) is 0 Å². The van der Waals surface area contributed by atoms with Gasteiger partial charge in [0.25, 0.3) is 0 Å². The van der Waals surface area contributed by atoms with Crippen LogP contribution in [0.3, 0.4) is 0 Å². The van der Waals surface area contributed by atoms with Gasteiger partial charge in [0.05, 0.1) is 9.79 Å². The van der Waals surface area contributed by atoms with Crippen LogP contribution in [-0.4, -0.2) is 25.0 Å². The number of nitrogens with zero attached hydrogens (tertiary/aromatic N) is 1. The lowest BCUT2D eigenvalue weighted by Crippen LogP contribution is -2.27. The predicted molar refractivity (Wildman–Crippen MR) is 85.8 cm³/mol. The van der Waals surface area contributed by atoms with Crippen LogP contribution >= 0.6 is 0 Å². The van der Waals surface area contributed by atoms with Crippen molar-refractivity contribution in [1.82, 2.24) is 4.98 Å². The van der Waals surface area contributed by atoms with Crippen LogP contribution < -0.4 is 0 Å². The Kier molecular flexibility index (Phi) is 5.03. The second-order valence-electron chi connectivity index (χ2n) is 6.10. The van der Waals surface area contributed by atoms with Crippen molar-refractivity contribution in [3.8, 4) is 0 Å². The van der Waals surface area contributed by atoms with Gasteiger partial charge in [-0.3, -0.25) is 4.98 Å². The van der Waals surface area contributed by atoms with Crippen molar-refractivity contribution in [1.29, 1.82) is 0 Å². The molecule has 0 aliphatic rings. The van der Waals surface area contributed by atoms with Crippen molar-refractivity contribution < 1.29 is 22.3 Å². The maximum absolute atomic E-state index is 14.6. The summed E-state index contributed by atoms with van der Waals surface area (Å²) in [6.45, 7) is 4.78. The summed E-state index contributed by atoms with van der Waals surface area (Å²) in [4.78, 5) is 15.4. The third kappa shape index (κ3) is 3.97. The smallest absolute Gasteiger partial charge is 0.347 e. The summed E-state index contributed by atoms with van der Waals surface area (Å²) in [5.74, 6) is -1.18. The summed E-state index contributed by atoms with van der Waals surface area (Å²) in [5.41, 5.74) is -1.37. The predicted octanol–water partition coefficient (Wildman–Crippen LogP) is 3.27. The summed E-state index contributed by atoms with van der Waals surface area (Å²) in [7, 11) is -4.00. The molecule has 0 saturated heterocycles. The van der Waals surface area contributed by atoms with Gasteiger partial charge in [0, 0.05) is 6.20 Å². The van der Waals surface area contributed by atoms with Crippen LogP contribution in [0.2, 0.25) is 0 Å². The SMILES string of the molecule is CC(C)(C)OC(=O)C(F)c1ncccc1S(=O)(=O)c1ccccc1. The first-order chi connectivity index (χ1) is 11.1. The summed E-state index contributed by atoms with van der Waals surface area (Å²) in [6, 6.07) is 10.2. The molecule has 0 spiro atoms. The highest BCUT2D eigenvalue weighted by Crippen LogP contribution is 2.29. The number of pyridine rings is 1.